The number of aryl methyl sites for hydroxylation is 2. The van der Waals surface area contributed by atoms with E-state index in [1.807, 2.05) is 0 Å². The zero-order valence-electron chi connectivity index (χ0n) is 23.2. The lowest BCUT2D eigenvalue weighted by Gasteiger charge is -2.35. The van der Waals surface area contributed by atoms with E-state index in [-0.39, 0.29) is 0 Å². The van der Waals surface area contributed by atoms with Crippen molar-refractivity contribution in [1.82, 2.24) is 0 Å². The molecular formula is C37H38Si. The molecule has 38 heavy (non-hydrogen) atoms. The van der Waals surface area contributed by atoms with Crippen LogP contribution in [0.5, 0.6) is 0 Å². The number of rotatable bonds is 5. The monoisotopic (exact) mass is 510 g/mol. The summed E-state index contributed by atoms with van der Waals surface area (Å²) in [6.07, 6.45) is 10.3. The van der Waals surface area contributed by atoms with Crippen LogP contribution >= 0.6 is 0 Å². The van der Waals surface area contributed by atoms with E-state index in [2.05, 4.69) is 118 Å². The molecule has 3 atom stereocenters. The van der Waals surface area contributed by atoms with Crippen LogP contribution in [0.15, 0.2) is 91.0 Å². The fourth-order valence-electron chi connectivity index (χ4n) is 7.80. The summed E-state index contributed by atoms with van der Waals surface area (Å²) in [7, 11) is -1.83. The van der Waals surface area contributed by atoms with Crippen LogP contribution in [0.4, 0.5) is 0 Å². The average molecular weight is 511 g/mol. The summed E-state index contributed by atoms with van der Waals surface area (Å²) in [5, 5.41) is 2.78. The second-order valence-corrected chi connectivity index (χ2v) is 17.5. The molecular weight excluding hydrogens is 472 g/mol. The number of benzene rings is 4. The smallest absolute Gasteiger partial charge is 0.0715 e. The molecule has 4 aromatic carbocycles. The third kappa shape index (κ3) is 3.70. The molecule has 0 amide bonds. The third-order valence-corrected chi connectivity index (χ3v) is 14.1. The van der Waals surface area contributed by atoms with Crippen LogP contribution in [0.3, 0.4) is 0 Å². The lowest BCUT2D eigenvalue weighted by molar-refractivity contribution is 0.792. The zero-order valence-corrected chi connectivity index (χ0v) is 24.2. The topological polar surface area (TPSA) is 0 Å². The normalized spacial score (nSPS) is 20.6. The molecule has 0 N–H and O–H groups in total. The Bertz CT molecular complexity index is 1620. The lowest BCUT2D eigenvalue weighted by atomic mass is 9.90. The third-order valence-electron chi connectivity index (χ3n) is 9.92. The first-order chi connectivity index (χ1) is 18.4. The second-order valence-electron chi connectivity index (χ2n) is 12.6. The number of allylic oxidation sites excluding steroid dienone is 4. The Balaban J connectivity index is 1.32. The molecule has 3 aliphatic carbocycles. The van der Waals surface area contributed by atoms with Gasteiger partial charge in [-0.15, -0.1) is 0 Å². The molecule has 0 saturated heterocycles. The van der Waals surface area contributed by atoms with Crippen molar-refractivity contribution >= 4 is 30.0 Å². The van der Waals surface area contributed by atoms with Gasteiger partial charge in [-0.25, -0.2) is 0 Å². The van der Waals surface area contributed by atoms with E-state index in [9.17, 15) is 0 Å². The van der Waals surface area contributed by atoms with E-state index in [0.29, 0.717) is 17.0 Å². The summed E-state index contributed by atoms with van der Waals surface area (Å²) < 4.78 is 0. The molecule has 3 aliphatic rings. The van der Waals surface area contributed by atoms with Gasteiger partial charge in [-0.1, -0.05) is 111 Å². The highest BCUT2D eigenvalue weighted by atomic mass is 28.3. The van der Waals surface area contributed by atoms with Crippen LogP contribution in [0, 0.1) is 0 Å². The molecule has 0 aliphatic heterocycles. The van der Waals surface area contributed by atoms with Gasteiger partial charge in [0.25, 0.3) is 0 Å². The van der Waals surface area contributed by atoms with Crippen molar-refractivity contribution in [2.75, 3.05) is 0 Å². The summed E-state index contributed by atoms with van der Waals surface area (Å²) in [6, 6.07) is 30.1. The largest absolute Gasteiger partial charge is 0.0761 e. The van der Waals surface area contributed by atoms with Crippen LogP contribution in [0.25, 0.3) is 21.9 Å². The summed E-state index contributed by atoms with van der Waals surface area (Å²) in [5.74, 6) is 0.521. The predicted molar refractivity (Wildman–Crippen MR) is 166 cm³/mol. The second kappa shape index (κ2) is 8.95. The van der Waals surface area contributed by atoms with Crippen molar-refractivity contribution < 1.29 is 0 Å². The maximum atomic E-state index is 2.73. The average Bonchev–Trinajstić information content (AvgIpc) is 3.64. The van der Waals surface area contributed by atoms with E-state index in [0.717, 1.165) is 6.42 Å². The van der Waals surface area contributed by atoms with Gasteiger partial charge in [0.2, 0.25) is 0 Å². The highest BCUT2D eigenvalue weighted by Gasteiger charge is 2.45. The molecule has 0 aromatic heterocycles. The van der Waals surface area contributed by atoms with Crippen LogP contribution in [0.1, 0.15) is 82.6 Å². The molecule has 0 spiro atoms. The highest BCUT2D eigenvalue weighted by Crippen LogP contribution is 2.53. The SMILES string of the molecule is CC1=CC([Si](C)(C)C2C=C(CC(C)c3ccccc3)c3cc4c(cc32)CCC4)c2ccc3ccccc3c21. The Hall–Kier alpha value is -3.16. The Morgan fingerprint density at radius 3 is 2.32 bits per heavy atom. The highest BCUT2D eigenvalue weighted by molar-refractivity contribution is 6.81. The molecule has 0 radical (unpaired) electrons. The molecule has 190 valence electrons. The molecule has 0 fully saturated rings. The fraction of sp³-hybridized carbons (Fsp3) is 0.297. The molecule has 4 aromatic rings. The van der Waals surface area contributed by atoms with Crippen molar-refractivity contribution in [2.24, 2.45) is 0 Å². The van der Waals surface area contributed by atoms with Crippen molar-refractivity contribution in [1.29, 1.82) is 0 Å². The Labute approximate surface area is 229 Å². The first-order valence-electron chi connectivity index (χ1n) is 14.5. The molecule has 0 bridgehead atoms. The van der Waals surface area contributed by atoms with Crippen LogP contribution in [-0.4, -0.2) is 8.07 Å². The van der Waals surface area contributed by atoms with Gasteiger partial charge in [0.15, 0.2) is 0 Å². The lowest BCUT2D eigenvalue weighted by Crippen LogP contribution is -2.40. The van der Waals surface area contributed by atoms with Gasteiger partial charge >= 0.3 is 0 Å². The van der Waals surface area contributed by atoms with Crippen molar-refractivity contribution in [3.8, 4) is 0 Å². The maximum absolute atomic E-state index is 2.73. The van der Waals surface area contributed by atoms with Crippen LogP contribution < -0.4 is 0 Å². The summed E-state index contributed by atoms with van der Waals surface area (Å²) in [4.78, 5) is 0. The summed E-state index contributed by atoms with van der Waals surface area (Å²) in [6.45, 7) is 10.1. The number of fused-ring (bicyclic) bond motifs is 5. The maximum Gasteiger partial charge on any atom is 0.0715 e. The van der Waals surface area contributed by atoms with E-state index in [1.54, 1.807) is 33.4 Å². The summed E-state index contributed by atoms with van der Waals surface area (Å²) in [5.41, 5.74) is 15.1. The first kappa shape index (κ1) is 23.9. The van der Waals surface area contributed by atoms with Gasteiger partial charge in [-0.05, 0) is 110 Å². The van der Waals surface area contributed by atoms with Crippen LogP contribution in [-0.2, 0) is 12.8 Å². The Morgan fingerprint density at radius 2 is 1.50 bits per heavy atom. The molecule has 7 rings (SSSR count). The minimum Gasteiger partial charge on any atom is -0.0761 e. The zero-order chi connectivity index (χ0) is 26.0. The van der Waals surface area contributed by atoms with E-state index < -0.39 is 8.07 Å². The fourth-order valence-corrected chi connectivity index (χ4v) is 11.6. The van der Waals surface area contributed by atoms with Gasteiger partial charge < -0.3 is 0 Å². The van der Waals surface area contributed by atoms with Crippen LogP contribution in [0.2, 0.25) is 13.1 Å². The molecule has 3 unspecified atom stereocenters. The van der Waals surface area contributed by atoms with Gasteiger partial charge in [0.05, 0.1) is 8.07 Å². The van der Waals surface area contributed by atoms with E-state index in [4.69, 9.17) is 0 Å². The standard InChI is InChI=1S/C37H38Si/c1-24(26-11-6-5-7-12-26)19-30-23-36(34-22-29-15-10-14-28(29)21-33(30)34)38(3,4)35-20-25(2)37-31-16-9-8-13-27(31)17-18-32(35)37/h5-9,11-13,16-18,20-24,35-36H,10,14-15,19H2,1-4H3. The molecule has 1 heteroatoms. The number of hydrogen-bond acceptors (Lipinski definition) is 0. The summed E-state index contributed by atoms with van der Waals surface area (Å²) >= 11 is 0. The molecule has 0 heterocycles. The molecule has 0 nitrogen and oxygen atoms in total. The number of hydrogen-bond donors (Lipinski definition) is 0. The van der Waals surface area contributed by atoms with E-state index in [1.165, 1.54) is 46.7 Å². The molecule has 0 saturated carbocycles. The minimum atomic E-state index is -1.83. The van der Waals surface area contributed by atoms with Crippen molar-refractivity contribution in [3.63, 3.8) is 0 Å². The quantitative estimate of drug-likeness (QED) is 0.234. The van der Waals surface area contributed by atoms with Crippen molar-refractivity contribution in [2.45, 2.75) is 69.6 Å². The van der Waals surface area contributed by atoms with E-state index >= 15 is 0 Å². The Kier molecular flexibility index (Phi) is 5.64. The van der Waals surface area contributed by atoms with Gasteiger partial charge in [-0.2, -0.15) is 0 Å². The predicted octanol–water partition coefficient (Wildman–Crippen LogP) is 9.99. The van der Waals surface area contributed by atoms with Gasteiger partial charge in [0, 0.05) is 0 Å². The van der Waals surface area contributed by atoms with Gasteiger partial charge in [-0.3, -0.25) is 0 Å². The Morgan fingerprint density at radius 1 is 0.789 bits per heavy atom. The minimum absolute atomic E-state index is 0.521. The van der Waals surface area contributed by atoms with Crippen molar-refractivity contribution in [3.05, 3.63) is 130 Å². The first-order valence-corrected chi connectivity index (χ1v) is 17.7. The van der Waals surface area contributed by atoms with Gasteiger partial charge in [0.1, 0.15) is 0 Å².